The fourth-order valence-electron chi connectivity index (χ4n) is 1.43. The van der Waals surface area contributed by atoms with Crippen LogP contribution in [0.25, 0.3) is 0 Å². The van der Waals surface area contributed by atoms with E-state index < -0.39 is 0 Å². The second-order valence-electron chi connectivity index (χ2n) is 3.79. The lowest BCUT2D eigenvalue weighted by Crippen LogP contribution is -2.19. The molecule has 0 saturated carbocycles. The van der Waals surface area contributed by atoms with Gasteiger partial charge in [-0.3, -0.25) is 0 Å². The molecule has 0 radical (unpaired) electrons. The molecule has 0 fully saturated rings. The topological polar surface area (TPSA) is 21.3 Å². The van der Waals surface area contributed by atoms with Gasteiger partial charge in [-0.1, -0.05) is 18.2 Å². The van der Waals surface area contributed by atoms with Crippen LogP contribution in [0.15, 0.2) is 18.2 Å². The molecule has 2 nitrogen and oxygen atoms in total. The summed E-state index contributed by atoms with van der Waals surface area (Å²) in [7, 11) is 0. The van der Waals surface area contributed by atoms with Crippen molar-refractivity contribution in [3.8, 4) is 0 Å². The number of hydrogen-bond donors (Lipinski definition) is 1. The number of nitrogens with one attached hydrogen (secondary N) is 1. The first-order valence-corrected chi connectivity index (χ1v) is 5.58. The van der Waals surface area contributed by atoms with Crippen LogP contribution < -0.4 is 5.32 Å². The summed E-state index contributed by atoms with van der Waals surface area (Å²) in [6.07, 6.45) is 0. The minimum Gasteiger partial charge on any atom is -0.380 e. The van der Waals surface area contributed by atoms with Crippen LogP contribution in [0.4, 0.5) is 0 Å². The fraction of sp³-hybridized carbons (Fsp3) is 0.538. The highest BCUT2D eigenvalue weighted by atomic mass is 16.5. The molecular formula is C13H21NO. The van der Waals surface area contributed by atoms with Crippen LogP contribution in [0.1, 0.15) is 23.6 Å². The van der Waals surface area contributed by atoms with Gasteiger partial charge >= 0.3 is 0 Å². The molecule has 0 heterocycles. The Kier molecular flexibility index (Phi) is 5.37. The SMILES string of the molecule is CCOCCNCc1ccc(C)c(C)c1. The van der Waals surface area contributed by atoms with Crippen LogP contribution in [0.2, 0.25) is 0 Å². The van der Waals surface area contributed by atoms with Crippen LogP contribution in [-0.2, 0) is 11.3 Å². The molecule has 0 aliphatic rings. The highest BCUT2D eigenvalue weighted by Gasteiger charge is 1.95. The van der Waals surface area contributed by atoms with Gasteiger partial charge in [-0.25, -0.2) is 0 Å². The van der Waals surface area contributed by atoms with E-state index in [1.54, 1.807) is 0 Å². The third kappa shape index (κ3) is 4.45. The minimum absolute atomic E-state index is 0.793. The smallest absolute Gasteiger partial charge is 0.0590 e. The van der Waals surface area contributed by atoms with Gasteiger partial charge in [0.25, 0.3) is 0 Å². The molecule has 0 bridgehead atoms. The van der Waals surface area contributed by atoms with E-state index in [1.165, 1.54) is 16.7 Å². The second-order valence-corrected chi connectivity index (χ2v) is 3.79. The Morgan fingerprint density at radius 3 is 2.67 bits per heavy atom. The maximum atomic E-state index is 5.25. The molecule has 1 N–H and O–H groups in total. The molecule has 0 unspecified atom stereocenters. The molecule has 0 spiro atoms. The average molecular weight is 207 g/mol. The zero-order chi connectivity index (χ0) is 11.1. The first-order chi connectivity index (χ1) is 7.24. The summed E-state index contributed by atoms with van der Waals surface area (Å²) in [6.45, 7) is 9.74. The molecule has 15 heavy (non-hydrogen) atoms. The standard InChI is InChI=1S/C13H21NO/c1-4-15-8-7-14-10-13-6-5-11(2)12(3)9-13/h5-6,9,14H,4,7-8,10H2,1-3H3. The van der Waals surface area contributed by atoms with Crippen molar-refractivity contribution in [3.63, 3.8) is 0 Å². The van der Waals surface area contributed by atoms with Gasteiger partial charge in [0.05, 0.1) is 6.61 Å². The molecule has 0 aromatic heterocycles. The molecule has 1 aromatic carbocycles. The number of aryl methyl sites for hydroxylation is 2. The Hall–Kier alpha value is -0.860. The van der Waals surface area contributed by atoms with Crippen LogP contribution in [0.3, 0.4) is 0 Å². The van der Waals surface area contributed by atoms with Gasteiger partial charge in [0, 0.05) is 19.7 Å². The third-order valence-corrected chi connectivity index (χ3v) is 2.53. The van der Waals surface area contributed by atoms with Gasteiger partial charge < -0.3 is 10.1 Å². The van der Waals surface area contributed by atoms with Crippen molar-refractivity contribution in [1.82, 2.24) is 5.32 Å². The molecule has 0 aliphatic carbocycles. The van der Waals surface area contributed by atoms with E-state index in [-0.39, 0.29) is 0 Å². The van der Waals surface area contributed by atoms with Crippen molar-refractivity contribution >= 4 is 0 Å². The van der Waals surface area contributed by atoms with Crippen LogP contribution >= 0.6 is 0 Å². The maximum Gasteiger partial charge on any atom is 0.0590 e. The van der Waals surface area contributed by atoms with Crippen molar-refractivity contribution in [3.05, 3.63) is 34.9 Å². The monoisotopic (exact) mass is 207 g/mol. The summed E-state index contributed by atoms with van der Waals surface area (Å²) in [4.78, 5) is 0. The summed E-state index contributed by atoms with van der Waals surface area (Å²) in [5.74, 6) is 0. The van der Waals surface area contributed by atoms with Gasteiger partial charge in [-0.2, -0.15) is 0 Å². The normalized spacial score (nSPS) is 10.6. The number of ether oxygens (including phenoxy) is 1. The number of rotatable bonds is 6. The minimum atomic E-state index is 0.793. The highest BCUT2D eigenvalue weighted by molar-refractivity contribution is 5.29. The summed E-state index contributed by atoms with van der Waals surface area (Å²) in [5, 5.41) is 3.36. The molecule has 0 saturated heterocycles. The molecule has 0 aliphatic heterocycles. The average Bonchev–Trinajstić information content (AvgIpc) is 2.23. The predicted octanol–water partition coefficient (Wildman–Crippen LogP) is 2.43. The Morgan fingerprint density at radius 2 is 2.00 bits per heavy atom. The fourth-order valence-corrected chi connectivity index (χ4v) is 1.43. The Balaban J connectivity index is 2.28. The summed E-state index contributed by atoms with van der Waals surface area (Å²) in [5.41, 5.74) is 4.06. The zero-order valence-corrected chi connectivity index (χ0v) is 9.97. The van der Waals surface area contributed by atoms with Gasteiger partial charge in [-0.05, 0) is 37.5 Å². The van der Waals surface area contributed by atoms with Crippen molar-refractivity contribution in [2.24, 2.45) is 0 Å². The van der Waals surface area contributed by atoms with Gasteiger partial charge in [-0.15, -0.1) is 0 Å². The highest BCUT2D eigenvalue weighted by Crippen LogP contribution is 2.09. The summed E-state index contributed by atoms with van der Waals surface area (Å²) < 4.78 is 5.25. The largest absolute Gasteiger partial charge is 0.380 e. The Bertz CT molecular complexity index is 297. The Morgan fingerprint density at radius 1 is 1.20 bits per heavy atom. The van der Waals surface area contributed by atoms with E-state index in [4.69, 9.17) is 4.74 Å². The lowest BCUT2D eigenvalue weighted by Gasteiger charge is -2.07. The van der Waals surface area contributed by atoms with Crippen molar-refractivity contribution in [2.45, 2.75) is 27.3 Å². The van der Waals surface area contributed by atoms with E-state index >= 15 is 0 Å². The maximum absolute atomic E-state index is 5.25. The molecular weight excluding hydrogens is 186 g/mol. The molecule has 84 valence electrons. The third-order valence-electron chi connectivity index (χ3n) is 2.53. The number of hydrogen-bond acceptors (Lipinski definition) is 2. The first-order valence-electron chi connectivity index (χ1n) is 5.58. The quantitative estimate of drug-likeness (QED) is 0.723. The van der Waals surface area contributed by atoms with E-state index in [2.05, 4.69) is 37.4 Å². The van der Waals surface area contributed by atoms with Gasteiger partial charge in [0.1, 0.15) is 0 Å². The zero-order valence-electron chi connectivity index (χ0n) is 9.97. The van der Waals surface area contributed by atoms with Gasteiger partial charge in [0.2, 0.25) is 0 Å². The van der Waals surface area contributed by atoms with Crippen molar-refractivity contribution in [2.75, 3.05) is 19.8 Å². The van der Waals surface area contributed by atoms with E-state index in [0.717, 1.165) is 26.3 Å². The molecule has 1 aromatic rings. The van der Waals surface area contributed by atoms with E-state index in [9.17, 15) is 0 Å². The first kappa shape index (κ1) is 12.2. The second kappa shape index (κ2) is 6.59. The van der Waals surface area contributed by atoms with E-state index in [0.29, 0.717) is 0 Å². The summed E-state index contributed by atoms with van der Waals surface area (Å²) >= 11 is 0. The molecule has 0 atom stereocenters. The van der Waals surface area contributed by atoms with Crippen molar-refractivity contribution in [1.29, 1.82) is 0 Å². The predicted molar refractivity (Wildman–Crippen MR) is 64.1 cm³/mol. The number of benzene rings is 1. The van der Waals surface area contributed by atoms with Crippen LogP contribution in [0.5, 0.6) is 0 Å². The van der Waals surface area contributed by atoms with Crippen LogP contribution in [0, 0.1) is 13.8 Å². The van der Waals surface area contributed by atoms with Crippen LogP contribution in [-0.4, -0.2) is 19.8 Å². The molecule has 0 amide bonds. The molecule has 1 rings (SSSR count). The van der Waals surface area contributed by atoms with Gasteiger partial charge in [0.15, 0.2) is 0 Å². The lowest BCUT2D eigenvalue weighted by molar-refractivity contribution is 0.149. The Labute approximate surface area is 92.6 Å². The van der Waals surface area contributed by atoms with E-state index in [1.807, 2.05) is 6.92 Å². The molecule has 2 heteroatoms. The lowest BCUT2D eigenvalue weighted by atomic mass is 10.1. The summed E-state index contributed by atoms with van der Waals surface area (Å²) in [6, 6.07) is 6.59. The van der Waals surface area contributed by atoms with Crippen molar-refractivity contribution < 1.29 is 4.74 Å².